The Morgan fingerprint density at radius 2 is 2.04 bits per heavy atom. The Labute approximate surface area is 153 Å². The second kappa shape index (κ2) is 8.62. The number of amides is 1. The Bertz CT molecular complexity index is 760. The number of nitrogens with one attached hydrogen (secondary N) is 1. The van der Waals surface area contributed by atoms with Crippen molar-refractivity contribution in [1.29, 1.82) is 0 Å². The molecule has 7 nitrogen and oxygen atoms in total. The van der Waals surface area contributed by atoms with Crippen LogP contribution >= 0.6 is 0 Å². The summed E-state index contributed by atoms with van der Waals surface area (Å²) in [4.78, 5) is 23.2. The van der Waals surface area contributed by atoms with E-state index in [1.807, 2.05) is 31.2 Å². The van der Waals surface area contributed by atoms with E-state index in [-0.39, 0.29) is 5.91 Å². The Balaban J connectivity index is 1.65. The van der Waals surface area contributed by atoms with E-state index in [4.69, 9.17) is 9.47 Å². The molecule has 1 aromatic heterocycles. The smallest absolute Gasteiger partial charge is 0.272 e. The topological polar surface area (TPSA) is 76.6 Å². The molecule has 1 fully saturated rings. The average Bonchev–Trinajstić information content (AvgIpc) is 2.68. The predicted molar refractivity (Wildman–Crippen MR) is 98.7 cm³/mol. The molecule has 0 atom stereocenters. The van der Waals surface area contributed by atoms with Crippen LogP contribution in [0.5, 0.6) is 5.75 Å². The molecule has 1 aliphatic rings. The predicted octanol–water partition coefficient (Wildman–Crippen LogP) is 1.92. The number of anilines is 1. The maximum atomic E-state index is 12.6. The van der Waals surface area contributed by atoms with Crippen LogP contribution in [0.1, 0.15) is 21.7 Å². The van der Waals surface area contributed by atoms with Crippen molar-refractivity contribution >= 4 is 11.9 Å². The van der Waals surface area contributed by atoms with Gasteiger partial charge in [0.2, 0.25) is 5.95 Å². The first-order valence-corrected chi connectivity index (χ1v) is 8.76. The molecule has 2 aromatic rings. The number of aromatic nitrogens is 2. The molecule has 26 heavy (non-hydrogen) atoms. The Morgan fingerprint density at radius 1 is 1.27 bits per heavy atom. The fourth-order valence-corrected chi connectivity index (χ4v) is 2.90. The molecule has 7 heteroatoms. The summed E-state index contributed by atoms with van der Waals surface area (Å²) < 4.78 is 10.7. The van der Waals surface area contributed by atoms with Gasteiger partial charge in [0.1, 0.15) is 11.4 Å². The average molecular weight is 356 g/mol. The van der Waals surface area contributed by atoms with Gasteiger partial charge in [-0.1, -0.05) is 18.2 Å². The fourth-order valence-electron chi connectivity index (χ4n) is 2.90. The zero-order chi connectivity index (χ0) is 18.4. The molecule has 0 radical (unpaired) electrons. The van der Waals surface area contributed by atoms with Gasteiger partial charge in [0, 0.05) is 25.3 Å². The van der Waals surface area contributed by atoms with Gasteiger partial charge in [0.05, 0.1) is 20.3 Å². The van der Waals surface area contributed by atoms with Crippen molar-refractivity contribution in [3.63, 3.8) is 0 Å². The summed E-state index contributed by atoms with van der Waals surface area (Å²) in [5.41, 5.74) is 2.29. The SMILES string of the molecule is COc1ccccc1CCNc1nc(C)cc(C(=O)N2CCOCC2)n1. The van der Waals surface area contributed by atoms with E-state index in [2.05, 4.69) is 15.3 Å². The van der Waals surface area contributed by atoms with Crippen LogP contribution in [0.4, 0.5) is 5.95 Å². The summed E-state index contributed by atoms with van der Waals surface area (Å²) in [5, 5.41) is 3.21. The summed E-state index contributed by atoms with van der Waals surface area (Å²) in [7, 11) is 1.67. The number of aryl methyl sites for hydroxylation is 1. The molecule has 0 spiro atoms. The molecule has 1 aromatic carbocycles. The molecule has 138 valence electrons. The van der Waals surface area contributed by atoms with E-state index < -0.39 is 0 Å². The number of morpholine rings is 1. The van der Waals surface area contributed by atoms with Crippen LogP contribution < -0.4 is 10.1 Å². The molecule has 3 rings (SSSR count). The molecule has 1 saturated heterocycles. The van der Waals surface area contributed by atoms with E-state index in [0.717, 1.165) is 23.4 Å². The first-order valence-electron chi connectivity index (χ1n) is 8.76. The largest absolute Gasteiger partial charge is 0.496 e. The van der Waals surface area contributed by atoms with Crippen LogP contribution in [0, 0.1) is 6.92 Å². The zero-order valence-corrected chi connectivity index (χ0v) is 15.2. The van der Waals surface area contributed by atoms with Gasteiger partial charge in [-0.3, -0.25) is 4.79 Å². The van der Waals surface area contributed by atoms with Gasteiger partial charge >= 0.3 is 0 Å². The molecular weight excluding hydrogens is 332 g/mol. The minimum Gasteiger partial charge on any atom is -0.496 e. The van der Waals surface area contributed by atoms with Crippen molar-refractivity contribution in [3.8, 4) is 5.75 Å². The maximum absolute atomic E-state index is 12.6. The summed E-state index contributed by atoms with van der Waals surface area (Å²) >= 11 is 0. The second-order valence-corrected chi connectivity index (χ2v) is 6.11. The normalized spacial score (nSPS) is 14.2. The molecule has 0 unspecified atom stereocenters. The lowest BCUT2D eigenvalue weighted by Crippen LogP contribution is -2.41. The minimum atomic E-state index is -0.0772. The molecule has 1 aliphatic heterocycles. The van der Waals surface area contributed by atoms with Crippen molar-refractivity contribution < 1.29 is 14.3 Å². The van der Waals surface area contributed by atoms with Gasteiger partial charge < -0.3 is 19.7 Å². The van der Waals surface area contributed by atoms with Gasteiger partial charge in [-0.25, -0.2) is 9.97 Å². The van der Waals surface area contributed by atoms with Crippen molar-refractivity contribution in [2.75, 3.05) is 45.3 Å². The first-order chi connectivity index (χ1) is 12.7. The van der Waals surface area contributed by atoms with Gasteiger partial charge in [-0.2, -0.15) is 0 Å². The third kappa shape index (κ3) is 4.49. The molecule has 0 bridgehead atoms. The number of hydrogen-bond acceptors (Lipinski definition) is 6. The molecule has 0 saturated carbocycles. The highest BCUT2D eigenvalue weighted by Gasteiger charge is 2.20. The second-order valence-electron chi connectivity index (χ2n) is 6.11. The van der Waals surface area contributed by atoms with Gasteiger partial charge in [0.15, 0.2) is 0 Å². The van der Waals surface area contributed by atoms with E-state index in [9.17, 15) is 4.79 Å². The lowest BCUT2D eigenvalue weighted by atomic mass is 10.1. The number of para-hydroxylation sites is 1. The Morgan fingerprint density at radius 3 is 2.81 bits per heavy atom. The van der Waals surface area contributed by atoms with Crippen LogP contribution in [0.25, 0.3) is 0 Å². The molecule has 0 aliphatic carbocycles. The highest BCUT2D eigenvalue weighted by Crippen LogP contribution is 2.18. The third-order valence-corrected chi connectivity index (χ3v) is 4.24. The van der Waals surface area contributed by atoms with Crippen LogP contribution in [-0.4, -0.2) is 60.7 Å². The van der Waals surface area contributed by atoms with Crippen LogP contribution in [0.15, 0.2) is 30.3 Å². The number of carbonyl (C=O) groups excluding carboxylic acids is 1. The molecular formula is C19H24N4O3. The highest BCUT2D eigenvalue weighted by atomic mass is 16.5. The number of methoxy groups -OCH3 is 1. The first kappa shape index (κ1) is 18.1. The van der Waals surface area contributed by atoms with Crippen molar-refractivity contribution in [1.82, 2.24) is 14.9 Å². The number of benzene rings is 1. The van der Waals surface area contributed by atoms with E-state index in [1.165, 1.54) is 0 Å². The van der Waals surface area contributed by atoms with Crippen LogP contribution in [-0.2, 0) is 11.2 Å². The molecule has 1 amide bonds. The summed E-state index contributed by atoms with van der Waals surface area (Å²) in [6.45, 7) is 4.84. The van der Waals surface area contributed by atoms with Crippen LogP contribution in [0.2, 0.25) is 0 Å². The van der Waals surface area contributed by atoms with Crippen LogP contribution in [0.3, 0.4) is 0 Å². The quantitative estimate of drug-likeness (QED) is 0.852. The number of rotatable bonds is 6. The van der Waals surface area contributed by atoms with Crippen molar-refractivity contribution in [3.05, 3.63) is 47.3 Å². The summed E-state index contributed by atoms with van der Waals surface area (Å²) in [6.07, 6.45) is 0.772. The molecule has 2 heterocycles. The minimum absolute atomic E-state index is 0.0772. The lowest BCUT2D eigenvalue weighted by molar-refractivity contribution is 0.0299. The van der Waals surface area contributed by atoms with Gasteiger partial charge in [-0.05, 0) is 31.0 Å². The molecule has 1 N–H and O–H groups in total. The van der Waals surface area contributed by atoms with E-state index in [1.54, 1.807) is 18.1 Å². The van der Waals surface area contributed by atoms with Crippen molar-refractivity contribution in [2.24, 2.45) is 0 Å². The monoisotopic (exact) mass is 356 g/mol. The standard InChI is InChI=1S/C19H24N4O3/c1-14-13-16(18(24)23-9-11-26-12-10-23)22-19(21-14)20-8-7-15-5-3-4-6-17(15)25-2/h3-6,13H,7-12H2,1-2H3,(H,20,21,22). The zero-order valence-electron chi connectivity index (χ0n) is 15.2. The maximum Gasteiger partial charge on any atom is 0.272 e. The summed E-state index contributed by atoms with van der Waals surface area (Å²) in [6, 6.07) is 9.63. The lowest BCUT2D eigenvalue weighted by Gasteiger charge is -2.26. The van der Waals surface area contributed by atoms with Gasteiger partial charge in [-0.15, -0.1) is 0 Å². The fraction of sp³-hybridized carbons (Fsp3) is 0.421. The third-order valence-electron chi connectivity index (χ3n) is 4.24. The van der Waals surface area contributed by atoms with Crippen molar-refractivity contribution in [2.45, 2.75) is 13.3 Å². The number of nitrogens with zero attached hydrogens (tertiary/aromatic N) is 3. The highest BCUT2D eigenvalue weighted by molar-refractivity contribution is 5.92. The summed E-state index contributed by atoms with van der Waals surface area (Å²) in [5.74, 6) is 1.26. The number of ether oxygens (including phenoxy) is 2. The number of hydrogen-bond donors (Lipinski definition) is 1. The van der Waals surface area contributed by atoms with E-state index >= 15 is 0 Å². The Kier molecular flexibility index (Phi) is 6.01. The van der Waals surface area contributed by atoms with Gasteiger partial charge in [0.25, 0.3) is 5.91 Å². The van der Waals surface area contributed by atoms with E-state index in [0.29, 0.717) is 44.5 Å². The Hall–Kier alpha value is -2.67. The number of carbonyl (C=O) groups is 1.